The van der Waals surface area contributed by atoms with Gasteiger partial charge in [0.05, 0.1) is 11.4 Å². The van der Waals surface area contributed by atoms with Crippen LogP contribution in [0.2, 0.25) is 0 Å². The molecule has 1 aliphatic rings. The van der Waals surface area contributed by atoms with E-state index in [4.69, 9.17) is 9.47 Å². The molecule has 0 fully saturated rings. The predicted octanol–water partition coefficient (Wildman–Crippen LogP) is 6.21. The highest BCUT2D eigenvalue weighted by Crippen LogP contribution is 2.44. The van der Waals surface area contributed by atoms with E-state index in [1.807, 2.05) is 48.5 Å². The number of hydrogen-bond acceptors (Lipinski definition) is 5. The second-order valence-corrected chi connectivity index (χ2v) is 11.0. The molecule has 1 amide bonds. The van der Waals surface area contributed by atoms with Crippen molar-refractivity contribution in [2.75, 3.05) is 13.2 Å². The molecular weight excluding hydrogens is 508 g/mol. The Morgan fingerprint density at radius 1 is 0.925 bits per heavy atom. The summed E-state index contributed by atoms with van der Waals surface area (Å²) in [5.41, 5.74) is 5.07. The molecule has 0 saturated carbocycles. The molecule has 0 saturated heterocycles. The molecule has 40 heavy (non-hydrogen) atoms. The number of fused-ring (bicyclic) bond motifs is 4. The quantitative estimate of drug-likeness (QED) is 0.289. The number of nitrogens with one attached hydrogen (secondary N) is 1. The number of carboxylic acids is 1. The summed E-state index contributed by atoms with van der Waals surface area (Å²) < 4.78 is 12.5. The number of aromatic nitrogens is 1. The summed E-state index contributed by atoms with van der Waals surface area (Å²) in [6, 6.07) is 23.4. The topological polar surface area (TPSA) is 107 Å². The van der Waals surface area contributed by atoms with Crippen LogP contribution in [0.5, 0.6) is 0 Å². The predicted molar refractivity (Wildman–Crippen MR) is 151 cm³/mol. The second-order valence-electron chi connectivity index (χ2n) is 11.0. The SMILES string of the molecule is CC(C)(C)OC(=O)n1cc(C[C@H](CNC(=O)OCC2c3ccccc3-c3ccccc32)C(=O)O)c2ccccc21. The van der Waals surface area contributed by atoms with Gasteiger partial charge in [-0.05, 0) is 61.1 Å². The molecule has 2 N–H and O–H groups in total. The van der Waals surface area contributed by atoms with Crippen molar-refractivity contribution in [2.24, 2.45) is 5.92 Å². The maximum Gasteiger partial charge on any atom is 0.419 e. The molecule has 1 heterocycles. The summed E-state index contributed by atoms with van der Waals surface area (Å²) in [7, 11) is 0. The van der Waals surface area contributed by atoms with Crippen molar-refractivity contribution in [3.05, 3.63) is 95.7 Å². The van der Waals surface area contributed by atoms with E-state index in [-0.39, 0.29) is 25.5 Å². The van der Waals surface area contributed by atoms with Crippen LogP contribution in [0.3, 0.4) is 0 Å². The highest BCUT2D eigenvalue weighted by atomic mass is 16.6. The lowest BCUT2D eigenvalue weighted by Gasteiger charge is -2.19. The van der Waals surface area contributed by atoms with Crippen molar-refractivity contribution in [3.8, 4) is 11.1 Å². The van der Waals surface area contributed by atoms with Crippen molar-refractivity contribution >= 4 is 29.1 Å². The zero-order valence-electron chi connectivity index (χ0n) is 22.7. The second kappa shape index (κ2) is 10.9. The van der Waals surface area contributed by atoms with E-state index < -0.39 is 29.7 Å². The van der Waals surface area contributed by atoms with Gasteiger partial charge in [0.25, 0.3) is 0 Å². The van der Waals surface area contributed by atoms with Crippen molar-refractivity contribution in [1.29, 1.82) is 0 Å². The van der Waals surface area contributed by atoms with Crippen LogP contribution in [0.25, 0.3) is 22.0 Å². The minimum atomic E-state index is -1.06. The molecule has 3 aromatic carbocycles. The number of hydrogen-bond donors (Lipinski definition) is 2. The largest absolute Gasteiger partial charge is 0.481 e. The molecule has 1 aliphatic carbocycles. The number of benzene rings is 3. The van der Waals surface area contributed by atoms with Gasteiger partial charge in [0, 0.05) is 24.0 Å². The van der Waals surface area contributed by atoms with Gasteiger partial charge in [0.1, 0.15) is 12.2 Å². The van der Waals surface area contributed by atoms with Crippen LogP contribution in [0.1, 0.15) is 43.4 Å². The molecule has 0 unspecified atom stereocenters. The van der Waals surface area contributed by atoms with Gasteiger partial charge >= 0.3 is 18.2 Å². The highest BCUT2D eigenvalue weighted by Gasteiger charge is 2.29. The summed E-state index contributed by atoms with van der Waals surface area (Å²) in [5.74, 6) is -2.08. The van der Waals surface area contributed by atoms with Gasteiger partial charge in [-0.15, -0.1) is 0 Å². The van der Waals surface area contributed by atoms with E-state index in [1.165, 1.54) is 4.57 Å². The number of aliphatic carboxylic acids is 1. The maximum atomic E-state index is 12.8. The third kappa shape index (κ3) is 5.57. The Hall–Kier alpha value is -4.59. The van der Waals surface area contributed by atoms with E-state index in [1.54, 1.807) is 39.1 Å². The third-order valence-electron chi connectivity index (χ3n) is 7.04. The minimum Gasteiger partial charge on any atom is -0.481 e. The Bertz CT molecular complexity index is 1540. The first-order valence-electron chi connectivity index (χ1n) is 13.3. The van der Waals surface area contributed by atoms with Gasteiger partial charge in [0.2, 0.25) is 0 Å². The Kier molecular flexibility index (Phi) is 7.34. The molecular formula is C32H32N2O6. The number of carbonyl (C=O) groups is 3. The van der Waals surface area contributed by atoms with Crippen LogP contribution in [0.15, 0.2) is 79.0 Å². The lowest BCUT2D eigenvalue weighted by molar-refractivity contribution is -0.141. The summed E-state index contributed by atoms with van der Waals surface area (Å²) in [6.45, 7) is 5.37. The first-order valence-corrected chi connectivity index (χ1v) is 13.3. The smallest absolute Gasteiger partial charge is 0.419 e. The van der Waals surface area contributed by atoms with Crippen molar-refractivity contribution in [3.63, 3.8) is 0 Å². The average molecular weight is 541 g/mol. The Labute approximate surface area is 232 Å². The molecule has 5 rings (SSSR count). The number of ether oxygens (including phenoxy) is 2. The molecule has 0 aliphatic heterocycles. The van der Waals surface area contributed by atoms with Gasteiger partial charge in [-0.1, -0.05) is 66.7 Å². The minimum absolute atomic E-state index is 0.0904. The van der Waals surface area contributed by atoms with E-state index in [0.717, 1.165) is 27.6 Å². The van der Waals surface area contributed by atoms with Crippen LogP contribution < -0.4 is 5.32 Å². The van der Waals surface area contributed by atoms with Gasteiger partial charge in [-0.25, -0.2) is 9.59 Å². The molecule has 0 bridgehead atoms. The Balaban J connectivity index is 1.25. The molecule has 0 spiro atoms. The zero-order valence-corrected chi connectivity index (χ0v) is 22.7. The monoisotopic (exact) mass is 540 g/mol. The Morgan fingerprint density at radius 2 is 1.52 bits per heavy atom. The van der Waals surface area contributed by atoms with Gasteiger partial charge in [0.15, 0.2) is 0 Å². The van der Waals surface area contributed by atoms with Crippen molar-refractivity contribution in [2.45, 2.75) is 38.7 Å². The van der Waals surface area contributed by atoms with Gasteiger partial charge in [-0.3, -0.25) is 9.36 Å². The lowest BCUT2D eigenvalue weighted by atomic mass is 9.98. The highest BCUT2D eigenvalue weighted by molar-refractivity contribution is 5.92. The summed E-state index contributed by atoms with van der Waals surface area (Å²) in [4.78, 5) is 37.6. The molecule has 0 radical (unpaired) electrons. The molecule has 8 heteroatoms. The van der Waals surface area contributed by atoms with E-state index in [2.05, 4.69) is 17.4 Å². The standard InChI is InChI=1S/C32H32N2O6/c1-32(2,3)40-31(38)34-18-21(22-10-8-9-15-28(22)34)16-20(29(35)36)17-33-30(37)39-19-27-25-13-6-4-11-23(25)24-12-5-7-14-26(24)27/h4-15,18,20,27H,16-17,19H2,1-3H3,(H,33,37)(H,35,36)/t20-/m1/s1. The van der Waals surface area contributed by atoms with E-state index >= 15 is 0 Å². The normalized spacial score (nSPS) is 13.4. The molecule has 206 valence electrons. The number of carbonyl (C=O) groups excluding carboxylic acids is 2. The zero-order chi connectivity index (χ0) is 28.4. The van der Waals surface area contributed by atoms with Crippen molar-refractivity contribution in [1.82, 2.24) is 9.88 Å². The van der Waals surface area contributed by atoms with Gasteiger partial charge < -0.3 is 19.9 Å². The van der Waals surface area contributed by atoms with Crippen LogP contribution in [-0.2, 0) is 20.7 Å². The maximum absolute atomic E-state index is 12.8. The van der Waals surface area contributed by atoms with E-state index in [0.29, 0.717) is 11.1 Å². The number of carboxylic acid groups (broad SMARTS) is 1. The van der Waals surface area contributed by atoms with E-state index in [9.17, 15) is 19.5 Å². The van der Waals surface area contributed by atoms with Gasteiger partial charge in [-0.2, -0.15) is 0 Å². The van der Waals surface area contributed by atoms with Crippen LogP contribution in [0.4, 0.5) is 9.59 Å². The number of amides is 1. The third-order valence-corrected chi connectivity index (χ3v) is 7.04. The number of rotatable bonds is 7. The molecule has 8 nitrogen and oxygen atoms in total. The fourth-order valence-electron chi connectivity index (χ4n) is 5.24. The average Bonchev–Trinajstić information content (AvgIpc) is 3.44. The lowest BCUT2D eigenvalue weighted by Crippen LogP contribution is -2.35. The number of para-hydroxylation sites is 1. The molecule has 4 aromatic rings. The summed E-state index contributed by atoms with van der Waals surface area (Å²) in [5, 5.41) is 13.3. The Morgan fingerprint density at radius 3 is 2.15 bits per heavy atom. The first kappa shape index (κ1) is 27.0. The first-order chi connectivity index (χ1) is 19.1. The number of alkyl carbamates (subject to hydrolysis) is 1. The summed E-state index contributed by atoms with van der Waals surface area (Å²) >= 11 is 0. The number of nitrogens with zero attached hydrogens (tertiary/aromatic N) is 1. The fourth-order valence-corrected chi connectivity index (χ4v) is 5.24. The van der Waals surface area contributed by atoms with Crippen LogP contribution in [0, 0.1) is 5.92 Å². The fraction of sp³-hybridized carbons (Fsp3) is 0.281. The molecule has 1 atom stereocenters. The van der Waals surface area contributed by atoms with Crippen molar-refractivity contribution < 1.29 is 29.0 Å². The van der Waals surface area contributed by atoms with Crippen LogP contribution >= 0.6 is 0 Å². The molecule has 1 aromatic heterocycles. The summed E-state index contributed by atoms with van der Waals surface area (Å²) in [6.07, 6.45) is 0.500. The van der Waals surface area contributed by atoms with Crippen LogP contribution in [-0.4, -0.2) is 46.6 Å².